The Balaban J connectivity index is 1.53. The molecular formula is C32H26BrClN2O3. The predicted molar refractivity (Wildman–Crippen MR) is 159 cm³/mol. The van der Waals surface area contributed by atoms with Crippen LogP contribution >= 0.6 is 27.5 Å². The Morgan fingerprint density at radius 1 is 0.923 bits per heavy atom. The van der Waals surface area contributed by atoms with Gasteiger partial charge in [-0.15, -0.1) is 0 Å². The molecular weight excluding hydrogens is 576 g/mol. The fourth-order valence-electron chi connectivity index (χ4n) is 4.83. The molecule has 0 spiro atoms. The van der Waals surface area contributed by atoms with Crippen LogP contribution in [0.3, 0.4) is 0 Å². The molecule has 5 aromatic rings. The van der Waals surface area contributed by atoms with Gasteiger partial charge in [-0.3, -0.25) is 14.2 Å². The van der Waals surface area contributed by atoms with Crippen LogP contribution in [0.15, 0.2) is 102 Å². The van der Waals surface area contributed by atoms with Gasteiger partial charge in [0, 0.05) is 26.1 Å². The van der Waals surface area contributed by atoms with Gasteiger partial charge in [-0.1, -0.05) is 70.0 Å². The number of amides is 1. The summed E-state index contributed by atoms with van der Waals surface area (Å²) in [5, 5.41) is 4.57. The van der Waals surface area contributed by atoms with E-state index in [2.05, 4.69) is 21.2 Å². The second kappa shape index (κ2) is 11.5. The highest BCUT2D eigenvalue weighted by Crippen LogP contribution is 2.31. The highest BCUT2D eigenvalue weighted by atomic mass is 79.9. The predicted octanol–water partition coefficient (Wildman–Crippen LogP) is 7.51. The molecule has 4 aromatic carbocycles. The van der Waals surface area contributed by atoms with E-state index in [9.17, 15) is 9.59 Å². The van der Waals surface area contributed by atoms with E-state index in [1.165, 1.54) is 0 Å². The molecule has 0 bridgehead atoms. The Labute approximate surface area is 240 Å². The van der Waals surface area contributed by atoms with Crippen LogP contribution in [0.25, 0.3) is 10.9 Å². The van der Waals surface area contributed by atoms with Gasteiger partial charge in [-0.2, -0.15) is 0 Å². The maximum Gasteiger partial charge on any atom is 0.262 e. The molecule has 0 aliphatic heterocycles. The second-order valence-corrected chi connectivity index (χ2v) is 10.6. The van der Waals surface area contributed by atoms with Crippen LogP contribution in [0.5, 0.6) is 5.75 Å². The van der Waals surface area contributed by atoms with Gasteiger partial charge >= 0.3 is 0 Å². The number of nitrogens with zero attached hydrogens (tertiary/aromatic N) is 1. The van der Waals surface area contributed by atoms with Crippen molar-refractivity contribution in [3.8, 4) is 5.75 Å². The molecule has 1 N–H and O–H groups in total. The summed E-state index contributed by atoms with van der Waals surface area (Å²) in [4.78, 5) is 27.2. The normalized spacial score (nSPS) is 11.8. The molecule has 0 fully saturated rings. The minimum Gasteiger partial charge on any atom is -0.497 e. The zero-order valence-corrected chi connectivity index (χ0v) is 23.8. The molecule has 0 aliphatic carbocycles. The van der Waals surface area contributed by atoms with Crippen molar-refractivity contribution in [2.24, 2.45) is 0 Å². The minimum absolute atomic E-state index is 0.0935. The van der Waals surface area contributed by atoms with Crippen molar-refractivity contribution >= 4 is 50.2 Å². The van der Waals surface area contributed by atoms with Crippen LogP contribution in [-0.2, 0) is 11.2 Å². The SMILES string of the molecule is COc1ccc2c(c1)c(CC(=O)NC(c1ccccc1)c1ccc(Br)cc1)c(C)n2C(=O)c1ccc(Cl)cc1. The molecule has 39 heavy (non-hydrogen) atoms. The van der Waals surface area contributed by atoms with Crippen LogP contribution in [-0.4, -0.2) is 23.5 Å². The van der Waals surface area contributed by atoms with Crippen molar-refractivity contribution in [1.29, 1.82) is 0 Å². The van der Waals surface area contributed by atoms with Crippen LogP contribution in [0.4, 0.5) is 0 Å². The van der Waals surface area contributed by atoms with Crippen molar-refractivity contribution in [3.05, 3.63) is 135 Å². The van der Waals surface area contributed by atoms with Crippen LogP contribution < -0.4 is 10.1 Å². The van der Waals surface area contributed by atoms with Crippen molar-refractivity contribution in [2.45, 2.75) is 19.4 Å². The summed E-state index contributed by atoms with van der Waals surface area (Å²) in [5.74, 6) is 0.302. The van der Waals surface area contributed by atoms with E-state index in [1.807, 2.05) is 79.7 Å². The van der Waals surface area contributed by atoms with Crippen molar-refractivity contribution < 1.29 is 14.3 Å². The van der Waals surface area contributed by atoms with Crippen molar-refractivity contribution in [3.63, 3.8) is 0 Å². The molecule has 0 aliphatic rings. The molecule has 5 nitrogen and oxygen atoms in total. The average molecular weight is 602 g/mol. The van der Waals surface area contributed by atoms with Gasteiger partial charge in [0.2, 0.25) is 5.91 Å². The lowest BCUT2D eigenvalue weighted by atomic mass is 9.98. The quantitative estimate of drug-likeness (QED) is 0.210. The van der Waals surface area contributed by atoms with Gasteiger partial charge in [-0.25, -0.2) is 0 Å². The summed E-state index contributed by atoms with van der Waals surface area (Å²) >= 11 is 9.53. The lowest BCUT2D eigenvalue weighted by Gasteiger charge is -2.20. The first-order valence-electron chi connectivity index (χ1n) is 12.4. The maximum atomic E-state index is 13.6. The molecule has 1 aromatic heterocycles. The number of carbonyl (C=O) groups excluding carboxylic acids is 2. The lowest BCUT2D eigenvalue weighted by Crippen LogP contribution is -2.30. The Hall–Kier alpha value is -3.87. The number of aromatic nitrogens is 1. The van der Waals surface area contributed by atoms with E-state index in [0.29, 0.717) is 27.5 Å². The van der Waals surface area contributed by atoms with Crippen LogP contribution in [0.2, 0.25) is 5.02 Å². The third-order valence-electron chi connectivity index (χ3n) is 6.82. The van der Waals surface area contributed by atoms with Gasteiger partial charge in [0.25, 0.3) is 5.91 Å². The summed E-state index contributed by atoms with van der Waals surface area (Å²) < 4.78 is 8.09. The number of fused-ring (bicyclic) bond motifs is 1. The van der Waals surface area contributed by atoms with E-state index in [1.54, 1.807) is 35.9 Å². The molecule has 0 saturated carbocycles. The van der Waals surface area contributed by atoms with E-state index < -0.39 is 0 Å². The Morgan fingerprint density at radius 2 is 1.59 bits per heavy atom. The Kier molecular flexibility index (Phi) is 7.87. The number of benzene rings is 4. The number of rotatable bonds is 7. The van der Waals surface area contributed by atoms with Gasteiger partial charge in [0.05, 0.1) is 25.1 Å². The van der Waals surface area contributed by atoms with E-state index in [-0.39, 0.29) is 24.3 Å². The number of ether oxygens (including phenoxy) is 1. The molecule has 0 saturated heterocycles. The third-order valence-corrected chi connectivity index (χ3v) is 7.60. The number of carbonyl (C=O) groups is 2. The molecule has 1 amide bonds. The van der Waals surface area contributed by atoms with E-state index in [0.717, 1.165) is 26.5 Å². The summed E-state index contributed by atoms with van der Waals surface area (Å²) in [6.45, 7) is 1.87. The zero-order chi connectivity index (χ0) is 27.5. The van der Waals surface area contributed by atoms with E-state index >= 15 is 0 Å². The number of halogens is 2. The van der Waals surface area contributed by atoms with Crippen molar-refractivity contribution in [2.75, 3.05) is 7.11 Å². The van der Waals surface area contributed by atoms with Crippen LogP contribution in [0, 0.1) is 6.92 Å². The number of nitrogens with one attached hydrogen (secondary N) is 1. The van der Waals surface area contributed by atoms with Crippen molar-refractivity contribution in [1.82, 2.24) is 9.88 Å². The Bertz CT molecular complexity index is 1650. The molecule has 7 heteroatoms. The highest BCUT2D eigenvalue weighted by Gasteiger charge is 2.24. The fourth-order valence-corrected chi connectivity index (χ4v) is 5.22. The zero-order valence-electron chi connectivity index (χ0n) is 21.4. The first kappa shape index (κ1) is 26.7. The maximum absolute atomic E-state index is 13.6. The molecule has 0 radical (unpaired) electrons. The number of methoxy groups -OCH3 is 1. The molecule has 1 unspecified atom stereocenters. The fraction of sp³-hybridized carbons (Fsp3) is 0.125. The summed E-state index contributed by atoms with van der Waals surface area (Å²) in [6, 6.07) is 29.8. The first-order valence-corrected chi connectivity index (χ1v) is 13.6. The second-order valence-electron chi connectivity index (χ2n) is 9.23. The standard InChI is InChI=1S/C32H26BrClN2O3/c1-20-27(19-30(37)35-31(21-6-4-3-5-7-21)22-8-12-24(33)13-9-22)28-18-26(39-2)16-17-29(28)36(20)32(38)23-10-14-25(34)15-11-23/h3-18,31H,19H2,1-2H3,(H,35,37). The molecule has 1 heterocycles. The van der Waals surface area contributed by atoms with Gasteiger partial charge in [0.15, 0.2) is 0 Å². The lowest BCUT2D eigenvalue weighted by molar-refractivity contribution is -0.120. The van der Waals surface area contributed by atoms with Crippen LogP contribution in [0.1, 0.15) is 38.8 Å². The monoisotopic (exact) mass is 600 g/mol. The first-order chi connectivity index (χ1) is 18.9. The molecule has 1 atom stereocenters. The third kappa shape index (κ3) is 5.63. The van der Waals surface area contributed by atoms with E-state index in [4.69, 9.17) is 16.3 Å². The van der Waals surface area contributed by atoms with Gasteiger partial charge in [0.1, 0.15) is 5.75 Å². The minimum atomic E-state index is -0.328. The topological polar surface area (TPSA) is 60.3 Å². The number of hydrogen-bond acceptors (Lipinski definition) is 3. The summed E-state index contributed by atoms with van der Waals surface area (Å²) in [5.41, 5.74) is 4.64. The average Bonchev–Trinajstić information content (AvgIpc) is 3.22. The smallest absolute Gasteiger partial charge is 0.262 e. The van der Waals surface area contributed by atoms with Gasteiger partial charge in [-0.05, 0) is 78.2 Å². The Morgan fingerprint density at radius 3 is 2.26 bits per heavy atom. The largest absolute Gasteiger partial charge is 0.497 e. The molecule has 5 rings (SSSR count). The summed E-state index contributed by atoms with van der Waals surface area (Å²) in [7, 11) is 1.60. The number of hydrogen-bond donors (Lipinski definition) is 1. The molecule has 196 valence electrons. The summed E-state index contributed by atoms with van der Waals surface area (Å²) in [6.07, 6.45) is 0.0935. The van der Waals surface area contributed by atoms with Gasteiger partial charge < -0.3 is 10.1 Å². The highest BCUT2D eigenvalue weighted by molar-refractivity contribution is 9.10.